The van der Waals surface area contributed by atoms with E-state index in [0.29, 0.717) is 24.7 Å². The molecular weight excluding hydrogens is 322 g/mol. The highest BCUT2D eigenvalue weighted by molar-refractivity contribution is 7.15. The first-order valence-electron chi connectivity index (χ1n) is 7.83. The van der Waals surface area contributed by atoms with Gasteiger partial charge < -0.3 is 9.84 Å². The summed E-state index contributed by atoms with van der Waals surface area (Å²) in [5.41, 5.74) is 3.25. The third-order valence-corrected chi connectivity index (χ3v) is 4.64. The van der Waals surface area contributed by atoms with Crippen molar-refractivity contribution in [3.05, 3.63) is 46.3 Å². The Morgan fingerprint density at radius 2 is 1.96 bits per heavy atom. The van der Waals surface area contributed by atoms with Crippen LogP contribution in [0, 0.1) is 13.8 Å². The van der Waals surface area contributed by atoms with Gasteiger partial charge in [-0.25, -0.2) is 0 Å². The number of benzene rings is 1. The van der Waals surface area contributed by atoms with Gasteiger partial charge in [-0.2, -0.15) is 4.98 Å². The van der Waals surface area contributed by atoms with E-state index < -0.39 is 0 Å². The summed E-state index contributed by atoms with van der Waals surface area (Å²) in [6, 6.07) is 10.1. The molecular formula is C18H19N3O2S. The Hall–Kier alpha value is -2.47. The Morgan fingerprint density at radius 3 is 2.67 bits per heavy atom. The highest BCUT2D eigenvalue weighted by Gasteiger charge is 2.13. The van der Waals surface area contributed by atoms with Crippen molar-refractivity contribution in [3.8, 4) is 22.2 Å². The molecule has 0 spiro atoms. The fourth-order valence-corrected chi connectivity index (χ4v) is 3.32. The third kappa shape index (κ3) is 3.71. The first-order valence-corrected chi connectivity index (χ1v) is 8.65. The van der Waals surface area contributed by atoms with Gasteiger partial charge in [0, 0.05) is 16.9 Å². The molecule has 1 N–H and O–H groups in total. The molecule has 2 aromatic heterocycles. The normalized spacial score (nSPS) is 10.8. The van der Waals surface area contributed by atoms with Crippen LogP contribution in [0.5, 0.6) is 0 Å². The molecule has 0 bridgehead atoms. The van der Waals surface area contributed by atoms with Gasteiger partial charge in [0.2, 0.25) is 11.7 Å². The highest BCUT2D eigenvalue weighted by atomic mass is 32.1. The summed E-state index contributed by atoms with van der Waals surface area (Å²) >= 11 is 1.55. The van der Waals surface area contributed by atoms with Crippen molar-refractivity contribution in [3.63, 3.8) is 0 Å². The van der Waals surface area contributed by atoms with E-state index in [1.807, 2.05) is 45.0 Å². The Bertz CT molecular complexity index is 847. The molecule has 0 saturated carbocycles. The van der Waals surface area contributed by atoms with Gasteiger partial charge in [-0.3, -0.25) is 4.79 Å². The Labute approximate surface area is 144 Å². The number of hydrogen-bond acceptors (Lipinski definition) is 5. The van der Waals surface area contributed by atoms with E-state index >= 15 is 0 Å². The van der Waals surface area contributed by atoms with Crippen molar-refractivity contribution < 1.29 is 9.32 Å². The summed E-state index contributed by atoms with van der Waals surface area (Å²) in [6.45, 7) is 6.45. The molecule has 0 saturated heterocycles. The van der Waals surface area contributed by atoms with E-state index in [0.717, 1.165) is 26.4 Å². The summed E-state index contributed by atoms with van der Waals surface area (Å²) in [5, 5.41) is 6.95. The van der Waals surface area contributed by atoms with Crippen LogP contribution in [-0.4, -0.2) is 16.0 Å². The van der Waals surface area contributed by atoms with Crippen LogP contribution in [0.3, 0.4) is 0 Å². The summed E-state index contributed by atoms with van der Waals surface area (Å²) in [5.74, 6) is 1.13. The fourth-order valence-electron chi connectivity index (χ4n) is 2.44. The monoisotopic (exact) mass is 341 g/mol. The van der Waals surface area contributed by atoms with Gasteiger partial charge in [0.25, 0.3) is 5.89 Å². The van der Waals surface area contributed by atoms with Gasteiger partial charge in [-0.15, -0.1) is 11.3 Å². The maximum absolute atomic E-state index is 11.3. The van der Waals surface area contributed by atoms with Crippen LogP contribution in [0.25, 0.3) is 22.2 Å². The molecule has 5 nitrogen and oxygen atoms in total. The number of carbonyl (C=O) groups excluding carboxylic acids is 1. The Kier molecular flexibility index (Phi) is 4.76. The van der Waals surface area contributed by atoms with Crippen LogP contribution in [0.1, 0.15) is 29.3 Å². The number of thiophene rings is 1. The number of carbonyl (C=O) groups is 1. The number of nitrogens with one attached hydrogen (secondary N) is 1. The summed E-state index contributed by atoms with van der Waals surface area (Å²) in [6.07, 6.45) is 0.488. The number of aryl methyl sites for hydroxylation is 2. The smallest absolute Gasteiger partial charge is 0.258 e. The molecule has 0 radical (unpaired) electrons. The lowest BCUT2D eigenvalue weighted by molar-refractivity contribution is -0.120. The van der Waals surface area contributed by atoms with Gasteiger partial charge in [-0.05, 0) is 38.1 Å². The van der Waals surface area contributed by atoms with Crippen LogP contribution < -0.4 is 5.32 Å². The predicted octanol–water partition coefficient (Wildman–Crippen LogP) is 4.11. The van der Waals surface area contributed by atoms with Crippen molar-refractivity contribution in [2.45, 2.75) is 33.7 Å². The zero-order valence-electron chi connectivity index (χ0n) is 13.9. The standard InChI is InChI=1S/C18H19N3O2S/c1-4-16(22)19-10-14-5-6-15(24-14)17-20-18(23-21-17)13-8-11(2)7-12(3)9-13/h5-9H,4,10H2,1-3H3,(H,19,22). The number of amides is 1. The molecule has 124 valence electrons. The predicted molar refractivity (Wildman–Crippen MR) is 94.7 cm³/mol. The molecule has 0 aliphatic heterocycles. The molecule has 1 amide bonds. The largest absolute Gasteiger partial charge is 0.351 e. The topological polar surface area (TPSA) is 68.0 Å². The third-order valence-electron chi connectivity index (χ3n) is 3.56. The first-order chi connectivity index (χ1) is 11.5. The summed E-state index contributed by atoms with van der Waals surface area (Å²) in [4.78, 5) is 17.8. The van der Waals surface area contributed by atoms with Gasteiger partial charge in [0.1, 0.15) is 0 Å². The van der Waals surface area contributed by atoms with E-state index in [1.54, 1.807) is 11.3 Å². The lowest BCUT2D eigenvalue weighted by Gasteiger charge is -1.99. The SMILES string of the molecule is CCC(=O)NCc1ccc(-c2noc(-c3cc(C)cc(C)c3)n2)s1. The maximum atomic E-state index is 11.3. The zero-order chi connectivity index (χ0) is 17.1. The van der Waals surface area contributed by atoms with Crippen LogP contribution in [0.2, 0.25) is 0 Å². The molecule has 1 aromatic carbocycles. The summed E-state index contributed by atoms with van der Waals surface area (Å²) < 4.78 is 5.42. The molecule has 0 aliphatic carbocycles. The first kappa shape index (κ1) is 16.4. The van der Waals surface area contributed by atoms with Crippen LogP contribution >= 0.6 is 11.3 Å². The average molecular weight is 341 g/mol. The zero-order valence-corrected chi connectivity index (χ0v) is 14.7. The van der Waals surface area contributed by atoms with Crippen molar-refractivity contribution in [1.29, 1.82) is 0 Å². The quantitative estimate of drug-likeness (QED) is 0.758. The highest BCUT2D eigenvalue weighted by Crippen LogP contribution is 2.28. The van der Waals surface area contributed by atoms with Gasteiger partial charge in [-0.1, -0.05) is 29.3 Å². The lowest BCUT2D eigenvalue weighted by atomic mass is 10.1. The molecule has 0 fully saturated rings. The molecule has 0 aliphatic rings. The molecule has 2 heterocycles. The molecule has 0 atom stereocenters. The van der Waals surface area contributed by atoms with Crippen molar-refractivity contribution in [2.75, 3.05) is 0 Å². The van der Waals surface area contributed by atoms with Crippen LogP contribution in [0.4, 0.5) is 0 Å². The number of nitrogens with zero attached hydrogens (tertiary/aromatic N) is 2. The molecule has 24 heavy (non-hydrogen) atoms. The number of aromatic nitrogens is 2. The fraction of sp³-hybridized carbons (Fsp3) is 0.278. The Morgan fingerprint density at radius 1 is 1.21 bits per heavy atom. The Balaban J connectivity index is 1.78. The molecule has 0 unspecified atom stereocenters. The van der Waals surface area contributed by atoms with E-state index in [1.165, 1.54) is 0 Å². The lowest BCUT2D eigenvalue weighted by Crippen LogP contribution is -2.20. The number of hydrogen-bond donors (Lipinski definition) is 1. The van der Waals surface area contributed by atoms with Gasteiger partial charge in [0.15, 0.2) is 0 Å². The minimum absolute atomic E-state index is 0.0432. The van der Waals surface area contributed by atoms with Gasteiger partial charge >= 0.3 is 0 Å². The van der Waals surface area contributed by atoms with Crippen molar-refractivity contribution in [1.82, 2.24) is 15.5 Å². The van der Waals surface area contributed by atoms with E-state index in [4.69, 9.17) is 4.52 Å². The minimum Gasteiger partial charge on any atom is -0.351 e. The van der Waals surface area contributed by atoms with Crippen LogP contribution in [-0.2, 0) is 11.3 Å². The number of rotatable bonds is 5. The average Bonchev–Trinajstić information content (AvgIpc) is 3.20. The van der Waals surface area contributed by atoms with E-state index in [2.05, 4.69) is 21.5 Å². The second-order valence-corrected chi connectivity index (χ2v) is 6.86. The molecule has 3 aromatic rings. The maximum Gasteiger partial charge on any atom is 0.258 e. The minimum atomic E-state index is 0.0432. The van der Waals surface area contributed by atoms with Gasteiger partial charge in [0.05, 0.1) is 11.4 Å². The van der Waals surface area contributed by atoms with E-state index in [9.17, 15) is 4.79 Å². The molecule has 3 rings (SSSR count). The second kappa shape index (κ2) is 6.97. The second-order valence-electron chi connectivity index (χ2n) is 5.70. The van der Waals surface area contributed by atoms with Crippen molar-refractivity contribution >= 4 is 17.2 Å². The molecule has 6 heteroatoms. The van der Waals surface area contributed by atoms with E-state index in [-0.39, 0.29) is 5.91 Å². The van der Waals surface area contributed by atoms with Crippen LogP contribution in [0.15, 0.2) is 34.9 Å². The summed E-state index contributed by atoms with van der Waals surface area (Å²) in [7, 11) is 0. The van der Waals surface area contributed by atoms with Crippen molar-refractivity contribution in [2.24, 2.45) is 0 Å².